The summed E-state index contributed by atoms with van der Waals surface area (Å²) in [5.41, 5.74) is 0.0600. The van der Waals surface area contributed by atoms with Gasteiger partial charge < -0.3 is 19.1 Å². The molecule has 7 nitrogen and oxygen atoms in total. The van der Waals surface area contributed by atoms with Crippen LogP contribution in [0.3, 0.4) is 0 Å². The molecule has 0 radical (unpaired) electrons. The molecule has 0 aliphatic carbocycles. The number of nitrogens with zero attached hydrogens (tertiary/aromatic N) is 3. The standard InChI is InChI=1S/C20H27N3O4/c1-5-14(6-2)23-11-20-8-7-15(26-20)16(17(20)19(23)25)18(24)22(4)10-13-9-12(3)27-21-13/h7-9,14-17H,5-6,10-11H2,1-4H3/t15-,16+,17-,20-/m0/s1. The number of fused-ring (bicyclic) bond motifs is 1. The van der Waals surface area contributed by atoms with E-state index >= 15 is 0 Å². The molecule has 0 aromatic carbocycles. The van der Waals surface area contributed by atoms with Crippen molar-refractivity contribution in [2.24, 2.45) is 11.8 Å². The summed E-state index contributed by atoms with van der Waals surface area (Å²) in [6, 6.07) is 2.01. The molecule has 4 rings (SSSR count). The van der Waals surface area contributed by atoms with Gasteiger partial charge >= 0.3 is 0 Å². The maximum atomic E-state index is 13.2. The largest absolute Gasteiger partial charge is 0.361 e. The first-order valence-corrected chi connectivity index (χ1v) is 9.75. The van der Waals surface area contributed by atoms with Crippen LogP contribution < -0.4 is 0 Å². The van der Waals surface area contributed by atoms with Crippen molar-refractivity contribution in [3.63, 3.8) is 0 Å². The van der Waals surface area contributed by atoms with E-state index in [2.05, 4.69) is 19.0 Å². The molecule has 3 aliphatic rings. The van der Waals surface area contributed by atoms with Gasteiger partial charge in [0, 0.05) is 19.2 Å². The highest BCUT2D eigenvalue weighted by Gasteiger charge is 2.67. The van der Waals surface area contributed by atoms with E-state index in [1.807, 2.05) is 30.0 Å². The molecule has 1 aromatic rings. The van der Waals surface area contributed by atoms with Crippen molar-refractivity contribution in [2.75, 3.05) is 13.6 Å². The van der Waals surface area contributed by atoms with Gasteiger partial charge in [0.25, 0.3) is 0 Å². The average Bonchev–Trinajstić information content (AvgIpc) is 3.38. The molecule has 2 saturated heterocycles. The average molecular weight is 373 g/mol. The van der Waals surface area contributed by atoms with E-state index in [1.165, 1.54) is 0 Å². The first-order chi connectivity index (χ1) is 12.9. The van der Waals surface area contributed by atoms with Crippen molar-refractivity contribution in [3.8, 4) is 0 Å². The maximum absolute atomic E-state index is 13.2. The van der Waals surface area contributed by atoms with Crippen LogP contribution in [-0.2, 0) is 20.9 Å². The topological polar surface area (TPSA) is 75.9 Å². The third-order valence-corrected chi connectivity index (χ3v) is 6.25. The Morgan fingerprint density at radius 2 is 2.19 bits per heavy atom. The van der Waals surface area contributed by atoms with E-state index in [-0.39, 0.29) is 24.0 Å². The second-order valence-corrected chi connectivity index (χ2v) is 7.96. The Kier molecular flexibility index (Phi) is 4.37. The lowest BCUT2D eigenvalue weighted by molar-refractivity contribution is -0.143. The smallest absolute Gasteiger partial charge is 0.230 e. The second-order valence-electron chi connectivity index (χ2n) is 7.96. The van der Waals surface area contributed by atoms with Crippen LogP contribution in [0.5, 0.6) is 0 Å². The van der Waals surface area contributed by atoms with E-state index in [4.69, 9.17) is 9.26 Å². The number of aryl methyl sites for hydroxylation is 1. The molecule has 0 N–H and O–H groups in total. The number of hydrogen-bond acceptors (Lipinski definition) is 5. The lowest BCUT2D eigenvalue weighted by Crippen LogP contribution is -2.45. The summed E-state index contributed by atoms with van der Waals surface area (Å²) in [6.07, 6.45) is 5.45. The Hall–Kier alpha value is -2.15. The van der Waals surface area contributed by atoms with Gasteiger partial charge in [-0.15, -0.1) is 0 Å². The Morgan fingerprint density at radius 3 is 2.81 bits per heavy atom. The van der Waals surface area contributed by atoms with E-state index in [9.17, 15) is 9.59 Å². The van der Waals surface area contributed by atoms with Crippen LogP contribution in [0.4, 0.5) is 0 Å². The van der Waals surface area contributed by atoms with Gasteiger partial charge in [0.2, 0.25) is 11.8 Å². The molecule has 2 bridgehead atoms. The predicted molar refractivity (Wildman–Crippen MR) is 97.5 cm³/mol. The number of likely N-dealkylation sites (tertiary alicyclic amines) is 1. The van der Waals surface area contributed by atoms with Crippen LogP contribution in [0.1, 0.15) is 38.1 Å². The number of hydrogen-bond donors (Lipinski definition) is 0. The molecule has 2 amide bonds. The number of carbonyl (C=O) groups is 2. The van der Waals surface area contributed by atoms with Crippen molar-refractivity contribution in [1.82, 2.24) is 15.0 Å². The van der Waals surface area contributed by atoms with E-state index in [0.717, 1.165) is 12.8 Å². The lowest BCUT2D eigenvalue weighted by Gasteiger charge is -2.29. The molecule has 3 aliphatic heterocycles. The Balaban J connectivity index is 1.56. The van der Waals surface area contributed by atoms with Gasteiger partial charge in [-0.25, -0.2) is 0 Å². The van der Waals surface area contributed by atoms with Crippen molar-refractivity contribution in [2.45, 2.75) is 57.9 Å². The molecular weight excluding hydrogens is 346 g/mol. The summed E-state index contributed by atoms with van der Waals surface area (Å²) in [5.74, 6) is -0.207. The maximum Gasteiger partial charge on any atom is 0.230 e. The third-order valence-electron chi connectivity index (χ3n) is 6.25. The van der Waals surface area contributed by atoms with Crippen LogP contribution in [0.15, 0.2) is 22.7 Å². The summed E-state index contributed by atoms with van der Waals surface area (Å²) in [5, 5.41) is 3.96. The van der Waals surface area contributed by atoms with E-state index < -0.39 is 17.4 Å². The van der Waals surface area contributed by atoms with Crippen LogP contribution in [0.25, 0.3) is 0 Å². The summed E-state index contributed by atoms with van der Waals surface area (Å²) in [6.45, 7) is 6.91. The molecule has 0 unspecified atom stereocenters. The fourth-order valence-corrected chi connectivity index (χ4v) is 4.92. The van der Waals surface area contributed by atoms with Crippen molar-refractivity contribution in [3.05, 3.63) is 29.7 Å². The van der Waals surface area contributed by atoms with Gasteiger partial charge in [0.05, 0.1) is 31.0 Å². The number of carbonyl (C=O) groups excluding carboxylic acids is 2. The molecule has 4 heterocycles. The SMILES string of the molecule is CCC(CC)N1C[C@]23C=C[C@H](O2)[C@@H](C(=O)N(C)Cc2cc(C)on2)[C@H]3C1=O. The highest BCUT2D eigenvalue weighted by atomic mass is 16.5. The first kappa shape index (κ1) is 18.2. The first-order valence-electron chi connectivity index (χ1n) is 9.75. The quantitative estimate of drug-likeness (QED) is 0.712. The normalized spacial score (nSPS) is 31.2. The minimum absolute atomic E-state index is 0.0552. The Morgan fingerprint density at radius 1 is 1.44 bits per heavy atom. The second kappa shape index (κ2) is 6.48. The number of rotatable bonds is 6. The zero-order chi connectivity index (χ0) is 19.3. The van der Waals surface area contributed by atoms with E-state index in [1.54, 1.807) is 11.9 Å². The van der Waals surface area contributed by atoms with E-state index in [0.29, 0.717) is 24.5 Å². The fourth-order valence-electron chi connectivity index (χ4n) is 4.92. The molecular formula is C20H27N3O4. The molecule has 146 valence electrons. The number of aromatic nitrogens is 1. The summed E-state index contributed by atoms with van der Waals surface area (Å²) < 4.78 is 11.3. The van der Waals surface area contributed by atoms with Gasteiger partial charge in [-0.05, 0) is 19.8 Å². The highest BCUT2D eigenvalue weighted by Crippen LogP contribution is 2.52. The number of ether oxygens (including phenoxy) is 1. The molecule has 7 heteroatoms. The highest BCUT2D eigenvalue weighted by molar-refractivity contribution is 5.93. The van der Waals surface area contributed by atoms with Gasteiger partial charge in [0.15, 0.2) is 0 Å². The van der Waals surface area contributed by atoms with Gasteiger partial charge in [0.1, 0.15) is 17.1 Å². The van der Waals surface area contributed by atoms with Gasteiger partial charge in [-0.2, -0.15) is 0 Å². The molecule has 0 saturated carbocycles. The molecule has 1 spiro atoms. The van der Waals surface area contributed by atoms with Crippen LogP contribution >= 0.6 is 0 Å². The summed E-state index contributed by atoms with van der Waals surface area (Å²) in [7, 11) is 1.74. The van der Waals surface area contributed by atoms with Crippen molar-refractivity contribution in [1.29, 1.82) is 0 Å². The Labute approximate surface area is 159 Å². The molecule has 1 aromatic heterocycles. The zero-order valence-corrected chi connectivity index (χ0v) is 16.3. The lowest BCUT2D eigenvalue weighted by atomic mass is 9.76. The molecule has 27 heavy (non-hydrogen) atoms. The summed E-state index contributed by atoms with van der Waals surface area (Å²) in [4.78, 5) is 30.0. The zero-order valence-electron chi connectivity index (χ0n) is 16.3. The van der Waals surface area contributed by atoms with Gasteiger partial charge in [-0.3, -0.25) is 9.59 Å². The summed E-state index contributed by atoms with van der Waals surface area (Å²) >= 11 is 0. The monoisotopic (exact) mass is 373 g/mol. The van der Waals surface area contributed by atoms with Crippen LogP contribution in [-0.4, -0.2) is 58.1 Å². The third kappa shape index (κ3) is 2.71. The van der Waals surface area contributed by atoms with Gasteiger partial charge in [-0.1, -0.05) is 31.2 Å². The Bertz CT molecular complexity index is 784. The van der Waals surface area contributed by atoms with Crippen LogP contribution in [0.2, 0.25) is 0 Å². The minimum atomic E-state index is -0.643. The predicted octanol–water partition coefficient (Wildman–Crippen LogP) is 1.91. The minimum Gasteiger partial charge on any atom is -0.361 e. The van der Waals surface area contributed by atoms with Crippen LogP contribution in [0, 0.1) is 18.8 Å². The van der Waals surface area contributed by atoms with Crippen molar-refractivity contribution < 1.29 is 18.8 Å². The number of amides is 2. The van der Waals surface area contributed by atoms with Crippen molar-refractivity contribution >= 4 is 11.8 Å². The fraction of sp³-hybridized carbons (Fsp3) is 0.650. The molecule has 2 fully saturated rings. The molecule has 4 atom stereocenters.